The Balaban J connectivity index is 2.21. The predicted molar refractivity (Wildman–Crippen MR) is 78.6 cm³/mol. The van der Waals surface area contributed by atoms with Gasteiger partial charge in [-0.05, 0) is 24.6 Å². The van der Waals surface area contributed by atoms with Gasteiger partial charge in [-0.2, -0.15) is 4.98 Å². The molecular formula is C12H15N5O4S. The Hall–Kier alpha value is -2.46. The van der Waals surface area contributed by atoms with Gasteiger partial charge in [0.25, 0.3) is 0 Å². The van der Waals surface area contributed by atoms with Gasteiger partial charge in [0.2, 0.25) is 15.9 Å². The Kier molecular flexibility index (Phi) is 4.15. The molecule has 0 saturated carbocycles. The summed E-state index contributed by atoms with van der Waals surface area (Å²) in [5.74, 6) is -0.491. The Bertz CT molecular complexity index is 881. The highest BCUT2D eigenvalue weighted by molar-refractivity contribution is 7.89. The first-order valence-corrected chi connectivity index (χ1v) is 7.75. The normalized spacial score (nSPS) is 11.4. The first kappa shape index (κ1) is 15.9. The molecule has 0 aliphatic rings. The van der Waals surface area contributed by atoms with E-state index in [0.717, 1.165) is 4.68 Å². The molecule has 0 atom stereocenters. The van der Waals surface area contributed by atoms with Gasteiger partial charge >= 0.3 is 5.69 Å². The number of aryl methyl sites for hydroxylation is 2. The van der Waals surface area contributed by atoms with E-state index in [4.69, 9.17) is 5.14 Å². The van der Waals surface area contributed by atoms with Gasteiger partial charge in [-0.3, -0.25) is 9.48 Å². The number of carbonyl (C=O) groups excluding carboxylic acids is 1. The molecule has 1 amide bonds. The minimum atomic E-state index is -3.88. The molecule has 1 aromatic carbocycles. The van der Waals surface area contributed by atoms with E-state index < -0.39 is 21.6 Å². The van der Waals surface area contributed by atoms with Gasteiger partial charge in [-0.15, -0.1) is 0 Å². The summed E-state index contributed by atoms with van der Waals surface area (Å²) in [7, 11) is -2.30. The number of aromatic nitrogens is 3. The van der Waals surface area contributed by atoms with Crippen molar-refractivity contribution in [3.05, 3.63) is 40.6 Å². The molecule has 0 bridgehead atoms. The molecule has 0 aliphatic heterocycles. The maximum atomic E-state index is 11.9. The molecule has 3 N–H and O–H groups in total. The number of sulfonamides is 1. The Morgan fingerprint density at radius 3 is 2.64 bits per heavy atom. The number of anilines is 1. The van der Waals surface area contributed by atoms with Gasteiger partial charge in [-0.25, -0.2) is 23.0 Å². The smallest absolute Gasteiger partial charge is 0.324 e. The van der Waals surface area contributed by atoms with E-state index >= 15 is 0 Å². The maximum absolute atomic E-state index is 11.9. The van der Waals surface area contributed by atoms with Gasteiger partial charge in [0.05, 0.1) is 4.90 Å². The monoisotopic (exact) mass is 325 g/mol. The van der Waals surface area contributed by atoms with Crippen molar-refractivity contribution < 1.29 is 13.2 Å². The minimum Gasteiger partial charge on any atom is -0.324 e. The summed E-state index contributed by atoms with van der Waals surface area (Å²) in [5.41, 5.74) is 0.199. The van der Waals surface area contributed by atoms with Crippen LogP contribution in [-0.2, 0) is 28.4 Å². The highest BCUT2D eigenvalue weighted by Crippen LogP contribution is 2.18. The molecule has 10 heteroatoms. The van der Waals surface area contributed by atoms with Gasteiger partial charge in [-0.1, -0.05) is 6.07 Å². The molecule has 118 valence electrons. The SMILES string of the molecule is Cc1ccc(NC(=O)Cn2c(=O)ncn2C)cc1S(N)(=O)=O. The number of primary sulfonamides is 1. The summed E-state index contributed by atoms with van der Waals surface area (Å²) >= 11 is 0. The fourth-order valence-electron chi connectivity index (χ4n) is 1.90. The Morgan fingerprint density at radius 2 is 2.09 bits per heavy atom. The van der Waals surface area contributed by atoms with E-state index in [1.165, 1.54) is 23.1 Å². The number of hydrogen-bond donors (Lipinski definition) is 2. The molecule has 0 radical (unpaired) electrons. The van der Waals surface area contributed by atoms with E-state index in [1.807, 2.05) is 0 Å². The fourth-order valence-corrected chi connectivity index (χ4v) is 2.70. The largest absolute Gasteiger partial charge is 0.364 e. The highest BCUT2D eigenvalue weighted by Gasteiger charge is 2.14. The summed E-state index contributed by atoms with van der Waals surface area (Å²) < 4.78 is 25.4. The third-order valence-electron chi connectivity index (χ3n) is 3.01. The number of amides is 1. The minimum absolute atomic E-state index is 0.0667. The second-order valence-corrected chi connectivity index (χ2v) is 6.26. The molecule has 2 aromatic rings. The van der Waals surface area contributed by atoms with E-state index in [9.17, 15) is 18.0 Å². The lowest BCUT2D eigenvalue weighted by Gasteiger charge is -2.10. The summed E-state index contributed by atoms with van der Waals surface area (Å²) in [6.07, 6.45) is 1.29. The average Bonchev–Trinajstić information content (AvgIpc) is 2.71. The van der Waals surface area contributed by atoms with Crippen molar-refractivity contribution in [2.75, 3.05) is 5.32 Å². The molecule has 0 saturated heterocycles. The van der Waals surface area contributed by atoms with Crippen LogP contribution in [0.15, 0.2) is 34.2 Å². The molecule has 0 unspecified atom stereocenters. The Morgan fingerprint density at radius 1 is 1.41 bits per heavy atom. The third kappa shape index (κ3) is 3.40. The van der Waals surface area contributed by atoms with Crippen molar-refractivity contribution in [1.29, 1.82) is 0 Å². The molecule has 1 heterocycles. The van der Waals surface area contributed by atoms with Crippen LogP contribution in [0.4, 0.5) is 5.69 Å². The van der Waals surface area contributed by atoms with Gasteiger partial charge in [0.15, 0.2) is 0 Å². The lowest BCUT2D eigenvalue weighted by molar-refractivity contribution is -0.117. The molecule has 1 aromatic heterocycles. The van der Waals surface area contributed by atoms with Crippen LogP contribution < -0.4 is 16.1 Å². The number of rotatable bonds is 4. The predicted octanol–water partition coefficient (Wildman–Crippen LogP) is -0.824. The number of nitrogens with one attached hydrogen (secondary N) is 1. The van der Waals surface area contributed by atoms with Crippen LogP contribution in [0.3, 0.4) is 0 Å². The van der Waals surface area contributed by atoms with Crippen molar-refractivity contribution >= 4 is 21.6 Å². The van der Waals surface area contributed by atoms with Crippen LogP contribution >= 0.6 is 0 Å². The van der Waals surface area contributed by atoms with Crippen LogP contribution in [0.1, 0.15) is 5.56 Å². The van der Waals surface area contributed by atoms with Crippen molar-refractivity contribution in [3.63, 3.8) is 0 Å². The van der Waals surface area contributed by atoms with Gasteiger partial charge in [0.1, 0.15) is 12.9 Å². The zero-order valence-electron chi connectivity index (χ0n) is 12.0. The van der Waals surface area contributed by atoms with E-state index in [-0.39, 0.29) is 17.1 Å². The molecule has 9 nitrogen and oxygen atoms in total. The second kappa shape index (κ2) is 5.73. The van der Waals surface area contributed by atoms with Crippen LogP contribution in [0.2, 0.25) is 0 Å². The van der Waals surface area contributed by atoms with Crippen LogP contribution in [-0.4, -0.2) is 28.7 Å². The van der Waals surface area contributed by atoms with Crippen LogP contribution in [0, 0.1) is 6.92 Å². The first-order chi connectivity index (χ1) is 10.2. The Labute approximate surface area is 126 Å². The van der Waals surface area contributed by atoms with Gasteiger partial charge in [0, 0.05) is 12.7 Å². The molecule has 0 fully saturated rings. The second-order valence-electron chi connectivity index (χ2n) is 4.73. The molecule has 0 aliphatic carbocycles. The quantitative estimate of drug-likeness (QED) is 0.758. The number of hydrogen-bond acceptors (Lipinski definition) is 5. The summed E-state index contributed by atoms with van der Waals surface area (Å²) in [6.45, 7) is 1.36. The van der Waals surface area contributed by atoms with Crippen molar-refractivity contribution in [2.24, 2.45) is 12.2 Å². The number of carbonyl (C=O) groups is 1. The van der Waals surface area contributed by atoms with E-state index in [1.54, 1.807) is 20.0 Å². The van der Waals surface area contributed by atoms with E-state index in [0.29, 0.717) is 5.56 Å². The van der Waals surface area contributed by atoms with Crippen molar-refractivity contribution in [3.8, 4) is 0 Å². The number of nitrogens with two attached hydrogens (primary N) is 1. The van der Waals surface area contributed by atoms with Crippen LogP contribution in [0.25, 0.3) is 0 Å². The number of nitrogens with zero attached hydrogens (tertiary/aromatic N) is 3. The summed E-state index contributed by atoms with van der Waals surface area (Å²) in [4.78, 5) is 26.8. The molecule has 0 spiro atoms. The zero-order valence-corrected chi connectivity index (χ0v) is 12.8. The van der Waals surface area contributed by atoms with Crippen molar-refractivity contribution in [2.45, 2.75) is 18.4 Å². The first-order valence-electron chi connectivity index (χ1n) is 6.20. The van der Waals surface area contributed by atoms with Gasteiger partial charge < -0.3 is 5.32 Å². The fraction of sp³-hybridized carbons (Fsp3) is 0.250. The lowest BCUT2D eigenvalue weighted by atomic mass is 10.2. The topological polar surface area (TPSA) is 129 Å². The highest BCUT2D eigenvalue weighted by atomic mass is 32.2. The van der Waals surface area contributed by atoms with Crippen LogP contribution in [0.5, 0.6) is 0 Å². The summed E-state index contributed by atoms with van der Waals surface area (Å²) in [6, 6.07) is 4.36. The third-order valence-corrected chi connectivity index (χ3v) is 4.06. The average molecular weight is 325 g/mol. The summed E-state index contributed by atoms with van der Waals surface area (Å²) in [5, 5.41) is 7.62. The molecular weight excluding hydrogens is 310 g/mol. The van der Waals surface area contributed by atoms with E-state index in [2.05, 4.69) is 10.3 Å². The van der Waals surface area contributed by atoms with Crippen molar-refractivity contribution in [1.82, 2.24) is 14.3 Å². The lowest BCUT2D eigenvalue weighted by Crippen LogP contribution is -2.29. The maximum Gasteiger partial charge on any atom is 0.364 e. The standard InChI is InChI=1S/C12H15N5O4S/c1-8-3-4-9(5-10(8)22(13,20)21)15-11(18)6-17-12(19)14-7-16(17)2/h3-5,7H,6H2,1-2H3,(H,15,18)(H2,13,20,21). The molecule has 2 rings (SSSR count). The number of benzene rings is 1. The zero-order chi connectivity index (χ0) is 16.5. The molecule has 22 heavy (non-hydrogen) atoms.